The number of carboxylic acids is 1. The quantitative estimate of drug-likeness (QED) is 0.657. The topological polar surface area (TPSA) is 101 Å². The van der Waals surface area contributed by atoms with Crippen LogP contribution >= 0.6 is 0 Å². The van der Waals surface area contributed by atoms with Crippen molar-refractivity contribution < 1.29 is 24.9 Å². The number of aryl methyl sites for hydroxylation is 1. The summed E-state index contributed by atoms with van der Waals surface area (Å²) in [4.78, 5) is 28.8. The Morgan fingerprint density at radius 2 is 1.79 bits per heavy atom. The monoisotopic (exact) mass is 404 g/mol. The second kappa shape index (κ2) is 8.81. The molecule has 2 aliphatic rings. The van der Waals surface area contributed by atoms with Gasteiger partial charge in [-0.25, -0.2) is 0 Å². The zero-order valence-corrected chi connectivity index (χ0v) is 17.1. The number of benzene rings is 1. The number of aliphatic carboxylic acids is 1. The van der Waals surface area contributed by atoms with Crippen LogP contribution in [0.25, 0.3) is 0 Å². The average Bonchev–Trinajstić information content (AvgIpc) is 2.72. The first-order valence-corrected chi connectivity index (χ1v) is 10.4. The summed E-state index contributed by atoms with van der Waals surface area (Å²) >= 11 is 0. The van der Waals surface area contributed by atoms with Crippen molar-refractivity contribution in [1.29, 1.82) is 0 Å². The molecular formula is C22H32N2O5. The van der Waals surface area contributed by atoms with Gasteiger partial charge in [0.2, 0.25) is 0 Å². The molecule has 0 radical (unpaired) electrons. The lowest BCUT2D eigenvalue weighted by Gasteiger charge is -2.46. The maximum absolute atomic E-state index is 13.1. The molecule has 29 heavy (non-hydrogen) atoms. The Bertz CT molecular complexity index is 717. The average molecular weight is 405 g/mol. The Morgan fingerprint density at radius 3 is 2.41 bits per heavy atom. The van der Waals surface area contributed by atoms with Crippen molar-refractivity contribution in [2.75, 3.05) is 33.2 Å². The maximum Gasteiger partial charge on any atom is 0.314 e. The zero-order chi connectivity index (χ0) is 21.1. The fourth-order valence-electron chi connectivity index (χ4n) is 4.56. The fraction of sp³-hybridized carbons (Fsp3) is 0.636. The van der Waals surface area contributed by atoms with Gasteiger partial charge < -0.3 is 25.1 Å². The Labute approximate surface area is 171 Å². The maximum atomic E-state index is 13.1. The second-order valence-electron chi connectivity index (χ2n) is 8.67. The van der Waals surface area contributed by atoms with Crippen LogP contribution in [-0.2, 0) is 16.0 Å². The molecule has 0 saturated carbocycles. The van der Waals surface area contributed by atoms with Crippen molar-refractivity contribution in [2.24, 2.45) is 5.41 Å². The van der Waals surface area contributed by atoms with Crippen molar-refractivity contribution in [3.8, 4) is 0 Å². The first-order valence-electron chi connectivity index (χ1n) is 10.4. The van der Waals surface area contributed by atoms with E-state index in [4.69, 9.17) is 0 Å². The fourth-order valence-corrected chi connectivity index (χ4v) is 4.56. The van der Waals surface area contributed by atoms with Crippen LogP contribution in [0.15, 0.2) is 30.3 Å². The van der Waals surface area contributed by atoms with E-state index in [0.29, 0.717) is 38.8 Å². The first-order chi connectivity index (χ1) is 13.8. The molecule has 1 amide bonds. The van der Waals surface area contributed by atoms with Crippen molar-refractivity contribution in [1.82, 2.24) is 9.80 Å². The third-order valence-electron chi connectivity index (χ3n) is 6.64. The molecule has 2 heterocycles. The van der Waals surface area contributed by atoms with Crippen LogP contribution in [0.4, 0.5) is 0 Å². The first kappa shape index (κ1) is 21.7. The minimum absolute atomic E-state index is 0.0602. The van der Waals surface area contributed by atoms with Crippen LogP contribution in [0.5, 0.6) is 0 Å². The number of rotatable bonds is 6. The van der Waals surface area contributed by atoms with Gasteiger partial charge in [0.15, 0.2) is 0 Å². The van der Waals surface area contributed by atoms with Gasteiger partial charge in [0.05, 0.1) is 6.10 Å². The number of carboxylic acid groups (broad SMARTS) is 1. The van der Waals surface area contributed by atoms with Gasteiger partial charge >= 0.3 is 5.97 Å². The molecular weight excluding hydrogens is 372 g/mol. The van der Waals surface area contributed by atoms with Gasteiger partial charge in [-0.05, 0) is 51.1 Å². The predicted molar refractivity (Wildman–Crippen MR) is 108 cm³/mol. The molecule has 2 saturated heterocycles. The number of hydrogen-bond acceptors (Lipinski definition) is 5. The number of likely N-dealkylation sites (tertiary alicyclic amines) is 2. The lowest BCUT2D eigenvalue weighted by Crippen LogP contribution is -2.62. The number of carbonyl (C=O) groups is 2. The molecule has 3 rings (SSSR count). The highest BCUT2D eigenvalue weighted by molar-refractivity contribution is 5.86. The third-order valence-corrected chi connectivity index (χ3v) is 6.64. The number of aliphatic hydroxyl groups is 2. The summed E-state index contributed by atoms with van der Waals surface area (Å²) in [5.41, 5.74) is -1.72. The summed E-state index contributed by atoms with van der Waals surface area (Å²) in [6.07, 6.45) is 1.48. The summed E-state index contributed by atoms with van der Waals surface area (Å²) in [7, 11) is 1.95. The number of hydrogen-bond donors (Lipinski definition) is 3. The number of piperidine rings is 2. The van der Waals surface area contributed by atoms with Crippen LogP contribution < -0.4 is 0 Å². The molecule has 2 aliphatic heterocycles. The Kier molecular flexibility index (Phi) is 6.61. The van der Waals surface area contributed by atoms with Crippen molar-refractivity contribution in [3.63, 3.8) is 0 Å². The highest BCUT2D eigenvalue weighted by atomic mass is 16.4. The second-order valence-corrected chi connectivity index (χ2v) is 8.67. The third kappa shape index (κ3) is 4.63. The normalized spacial score (nSPS) is 27.6. The number of nitrogens with zero attached hydrogens (tertiary/aromatic N) is 2. The number of carbonyl (C=O) groups excluding carboxylic acids is 1. The largest absolute Gasteiger partial charge is 0.481 e. The number of aliphatic hydroxyl groups excluding tert-OH is 1. The van der Waals surface area contributed by atoms with E-state index >= 15 is 0 Å². The number of amides is 1. The molecule has 2 atom stereocenters. The summed E-state index contributed by atoms with van der Waals surface area (Å²) < 4.78 is 0. The van der Waals surface area contributed by atoms with Crippen LogP contribution in [0.2, 0.25) is 0 Å². The summed E-state index contributed by atoms with van der Waals surface area (Å²) in [6, 6.07) is 9.82. The minimum atomic E-state index is -1.44. The molecule has 7 nitrogen and oxygen atoms in total. The SMILES string of the molecule is CN1CCC(O)(C(=O)N2CC[C@@H](O)[C@](CCCc3ccccc3)(C(=O)O)C2)CC1. The van der Waals surface area contributed by atoms with E-state index in [2.05, 4.69) is 4.90 Å². The van der Waals surface area contributed by atoms with E-state index in [-0.39, 0.29) is 25.9 Å². The standard InChI is InChI=1S/C22H32N2O5/c1-23-14-11-22(29,12-15-23)19(26)24-13-9-18(25)21(16-24,20(27)28)10-5-8-17-6-3-2-4-7-17/h2-4,6-7,18,25,29H,5,8-16H2,1H3,(H,27,28)/t18-,21-/m1/s1. The van der Waals surface area contributed by atoms with Crippen molar-refractivity contribution in [2.45, 2.75) is 50.2 Å². The van der Waals surface area contributed by atoms with Gasteiger partial charge in [0.25, 0.3) is 5.91 Å². The van der Waals surface area contributed by atoms with Crippen LogP contribution in [-0.4, -0.2) is 81.9 Å². The molecule has 0 spiro atoms. The molecule has 0 bridgehead atoms. The van der Waals surface area contributed by atoms with E-state index in [1.165, 1.54) is 4.90 Å². The Balaban J connectivity index is 1.70. The van der Waals surface area contributed by atoms with E-state index in [9.17, 15) is 24.9 Å². The Morgan fingerprint density at radius 1 is 1.14 bits per heavy atom. The summed E-state index contributed by atoms with van der Waals surface area (Å²) in [5.74, 6) is -1.47. The molecule has 160 valence electrons. The molecule has 3 N–H and O–H groups in total. The lowest BCUT2D eigenvalue weighted by atomic mass is 9.72. The van der Waals surface area contributed by atoms with Crippen LogP contribution in [0.3, 0.4) is 0 Å². The minimum Gasteiger partial charge on any atom is -0.481 e. The van der Waals surface area contributed by atoms with Gasteiger partial charge in [-0.2, -0.15) is 0 Å². The molecule has 0 aliphatic carbocycles. The molecule has 0 unspecified atom stereocenters. The van der Waals surface area contributed by atoms with Gasteiger partial charge in [-0.1, -0.05) is 30.3 Å². The highest BCUT2D eigenvalue weighted by Crippen LogP contribution is 2.37. The molecule has 7 heteroatoms. The molecule has 2 fully saturated rings. The van der Waals surface area contributed by atoms with E-state index < -0.39 is 29.0 Å². The van der Waals surface area contributed by atoms with Crippen LogP contribution in [0.1, 0.15) is 37.7 Å². The van der Waals surface area contributed by atoms with Gasteiger partial charge in [-0.15, -0.1) is 0 Å². The Hall–Kier alpha value is -1.96. The summed E-state index contributed by atoms with van der Waals surface area (Å²) in [5, 5.41) is 31.5. The zero-order valence-electron chi connectivity index (χ0n) is 17.1. The van der Waals surface area contributed by atoms with Crippen LogP contribution in [0, 0.1) is 5.41 Å². The smallest absolute Gasteiger partial charge is 0.314 e. The molecule has 1 aromatic carbocycles. The predicted octanol–water partition coefficient (Wildman–Crippen LogP) is 1.13. The lowest BCUT2D eigenvalue weighted by molar-refractivity contribution is -0.174. The van der Waals surface area contributed by atoms with Gasteiger partial charge in [-0.3, -0.25) is 9.59 Å². The molecule has 1 aromatic rings. The summed E-state index contributed by atoms with van der Waals surface area (Å²) in [6.45, 7) is 1.46. The van der Waals surface area contributed by atoms with E-state index in [0.717, 1.165) is 5.56 Å². The van der Waals surface area contributed by atoms with Gasteiger partial charge in [0, 0.05) is 26.2 Å². The van der Waals surface area contributed by atoms with E-state index in [1.54, 1.807) is 0 Å². The van der Waals surface area contributed by atoms with Crippen molar-refractivity contribution >= 4 is 11.9 Å². The highest BCUT2D eigenvalue weighted by Gasteiger charge is 2.52. The van der Waals surface area contributed by atoms with Crippen molar-refractivity contribution in [3.05, 3.63) is 35.9 Å². The van der Waals surface area contributed by atoms with Gasteiger partial charge in [0.1, 0.15) is 11.0 Å². The molecule has 0 aromatic heterocycles. The van der Waals surface area contributed by atoms with E-state index in [1.807, 2.05) is 37.4 Å².